The number of Topliss-reactive ketones (excluding diaryl/α,β-unsaturated/α-hetero) is 1. The van der Waals surface area contributed by atoms with Crippen molar-refractivity contribution in [1.82, 2.24) is 0 Å². The molecule has 0 atom stereocenters. The molecule has 0 heterocycles. The number of benzene rings is 3. The Kier molecular flexibility index (Phi) is 5.11. The maximum Gasteiger partial charge on any atom is 0.224 e. The molecular weight excluding hydrogens is 350 g/mol. The van der Waals surface area contributed by atoms with Crippen molar-refractivity contribution in [3.05, 3.63) is 71.3 Å². The van der Waals surface area contributed by atoms with E-state index >= 15 is 0 Å². The van der Waals surface area contributed by atoms with Gasteiger partial charge in [0.15, 0.2) is 5.78 Å². The van der Waals surface area contributed by atoms with Gasteiger partial charge in [0.1, 0.15) is 5.75 Å². The average molecular weight is 373 g/mol. The highest BCUT2D eigenvalue weighted by Crippen LogP contribution is 2.35. The van der Waals surface area contributed by atoms with Gasteiger partial charge in [-0.15, -0.1) is 0 Å². The number of hydrogen-bond donors (Lipinski definition) is 1. The molecule has 0 fully saturated rings. The number of ketones is 1. The van der Waals surface area contributed by atoms with Gasteiger partial charge in [-0.1, -0.05) is 24.3 Å². The summed E-state index contributed by atoms with van der Waals surface area (Å²) in [6, 6.07) is 17.5. The summed E-state index contributed by atoms with van der Waals surface area (Å²) in [6.45, 7) is 1.99. The van der Waals surface area contributed by atoms with Crippen LogP contribution in [0.1, 0.15) is 41.3 Å². The van der Waals surface area contributed by atoms with Crippen LogP contribution in [-0.2, 0) is 17.6 Å². The molecule has 4 rings (SSSR count). The van der Waals surface area contributed by atoms with Gasteiger partial charge in [-0.2, -0.15) is 0 Å². The highest BCUT2D eigenvalue weighted by atomic mass is 16.5. The molecule has 4 heteroatoms. The minimum absolute atomic E-state index is 0.00534. The zero-order valence-electron chi connectivity index (χ0n) is 16.0. The van der Waals surface area contributed by atoms with Crippen molar-refractivity contribution in [3.63, 3.8) is 0 Å². The largest absolute Gasteiger partial charge is 0.494 e. The quantitative estimate of drug-likeness (QED) is 0.471. The van der Waals surface area contributed by atoms with E-state index in [4.69, 9.17) is 4.74 Å². The molecule has 0 unspecified atom stereocenters. The highest BCUT2D eigenvalue weighted by molar-refractivity contribution is 6.05. The van der Waals surface area contributed by atoms with Gasteiger partial charge in [0, 0.05) is 23.1 Å². The Bertz CT molecular complexity index is 1030. The molecule has 4 nitrogen and oxygen atoms in total. The van der Waals surface area contributed by atoms with Crippen molar-refractivity contribution in [1.29, 1.82) is 0 Å². The number of ether oxygens (including phenoxy) is 1. The van der Waals surface area contributed by atoms with Crippen LogP contribution in [0.3, 0.4) is 0 Å². The Morgan fingerprint density at radius 3 is 2.46 bits per heavy atom. The van der Waals surface area contributed by atoms with Gasteiger partial charge in [-0.05, 0) is 73.0 Å². The number of carbonyl (C=O) groups excluding carboxylic acids is 2. The minimum atomic E-state index is -0.00534. The first-order valence-electron chi connectivity index (χ1n) is 9.69. The lowest BCUT2D eigenvalue weighted by Crippen LogP contribution is -2.13. The molecule has 0 aromatic heterocycles. The van der Waals surface area contributed by atoms with Crippen LogP contribution in [0.5, 0.6) is 5.75 Å². The van der Waals surface area contributed by atoms with Crippen LogP contribution in [0, 0.1) is 0 Å². The molecule has 0 aliphatic heterocycles. The lowest BCUT2D eigenvalue weighted by molar-refractivity contribution is -0.116. The molecule has 0 saturated carbocycles. The normalized spacial score (nSPS) is 12.2. The molecule has 28 heavy (non-hydrogen) atoms. The standard InChI is InChI=1S/C24H23NO3/c1-16(26)17-9-12-20(13-10-17)28-15-3-6-23(27)25-22-14-11-19-8-7-18-4-2-5-21(22)24(18)19/h2,4-5,9-14H,3,6-8,15H2,1H3,(H,25,27). The highest BCUT2D eigenvalue weighted by Gasteiger charge is 2.16. The molecule has 1 N–H and O–H groups in total. The number of rotatable bonds is 7. The van der Waals surface area contributed by atoms with E-state index < -0.39 is 0 Å². The van der Waals surface area contributed by atoms with Crippen LogP contribution in [0.15, 0.2) is 54.6 Å². The van der Waals surface area contributed by atoms with Crippen LogP contribution >= 0.6 is 0 Å². The number of aryl methyl sites for hydroxylation is 2. The van der Waals surface area contributed by atoms with E-state index in [0.717, 1.165) is 23.9 Å². The SMILES string of the molecule is CC(=O)c1ccc(OCCCC(=O)Nc2ccc3c4c(cccc24)CC3)cc1. The number of hydrogen-bond acceptors (Lipinski definition) is 3. The monoisotopic (exact) mass is 373 g/mol. The molecule has 0 spiro atoms. The Hall–Kier alpha value is -3.14. The van der Waals surface area contributed by atoms with E-state index in [2.05, 4.69) is 29.6 Å². The molecule has 0 radical (unpaired) electrons. The zero-order valence-corrected chi connectivity index (χ0v) is 16.0. The lowest BCUT2D eigenvalue weighted by Gasteiger charge is -2.11. The number of anilines is 1. The molecule has 142 valence electrons. The molecule has 1 aliphatic rings. The fourth-order valence-corrected chi connectivity index (χ4v) is 3.78. The fourth-order valence-electron chi connectivity index (χ4n) is 3.78. The Balaban J connectivity index is 1.31. The molecule has 0 saturated heterocycles. The zero-order chi connectivity index (χ0) is 19.5. The maximum absolute atomic E-state index is 12.4. The maximum atomic E-state index is 12.4. The average Bonchev–Trinajstić information content (AvgIpc) is 3.12. The molecule has 1 aliphatic carbocycles. The summed E-state index contributed by atoms with van der Waals surface area (Å²) in [5.74, 6) is 0.735. The summed E-state index contributed by atoms with van der Waals surface area (Å²) in [4.78, 5) is 23.6. The van der Waals surface area contributed by atoms with Crippen molar-refractivity contribution in [2.75, 3.05) is 11.9 Å². The van der Waals surface area contributed by atoms with E-state index in [9.17, 15) is 9.59 Å². The van der Waals surface area contributed by atoms with Crippen LogP contribution in [-0.4, -0.2) is 18.3 Å². The van der Waals surface area contributed by atoms with Crippen LogP contribution in [0.4, 0.5) is 5.69 Å². The first-order chi connectivity index (χ1) is 13.6. The van der Waals surface area contributed by atoms with Gasteiger partial charge >= 0.3 is 0 Å². The minimum Gasteiger partial charge on any atom is -0.494 e. The molecule has 3 aromatic carbocycles. The van der Waals surface area contributed by atoms with Gasteiger partial charge in [0.05, 0.1) is 6.61 Å². The Morgan fingerprint density at radius 2 is 1.71 bits per heavy atom. The third-order valence-corrected chi connectivity index (χ3v) is 5.23. The Morgan fingerprint density at radius 1 is 0.964 bits per heavy atom. The number of amides is 1. The lowest BCUT2D eigenvalue weighted by atomic mass is 10.0. The molecule has 3 aromatic rings. The third-order valence-electron chi connectivity index (χ3n) is 5.23. The topological polar surface area (TPSA) is 55.4 Å². The first-order valence-corrected chi connectivity index (χ1v) is 9.69. The number of nitrogens with one attached hydrogen (secondary N) is 1. The van der Waals surface area contributed by atoms with E-state index in [0.29, 0.717) is 30.8 Å². The van der Waals surface area contributed by atoms with E-state index in [1.807, 2.05) is 6.07 Å². The van der Waals surface area contributed by atoms with E-state index in [1.165, 1.54) is 23.4 Å². The molecule has 1 amide bonds. The number of carbonyl (C=O) groups is 2. The summed E-state index contributed by atoms with van der Waals surface area (Å²) in [7, 11) is 0. The summed E-state index contributed by atoms with van der Waals surface area (Å²) in [5.41, 5.74) is 4.28. The van der Waals surface area contributed by atoms with Gasteiger partial charge < -0.3 is 10.1 Å². The smallest absolute Gasteiger partial charge is 0.224 e. The second kappa shape index (κ2) is 7.85. The predicted octanol–water partition coefficient (Wildman–Crippen LogP) is 4.94. The summed E-state index contributed by atoms with van der Waals surface area (Å²) in [6.07, 6.45) is 3.18. The molecular formula is C24H23NO3. The summed E-state index contributed by atoms with van der Waals surface area (Å²) < 4.78 is 5.66. The first kappa shape index (κ1) is 18.2. The van der Waals surface area contributed by atoms with Gasteiger partial charge in [-0.25, -0.2) is 0 Å². The predicted molar refractivity (Wildman–Crippen MR) is 111 cm³/mol. The van der Waals surface area contributed by atoms with Gasteiger partial charge in [-0.3, -0.25) is 9.59 Å². The molecule has 0 bridgehead atoms. The van der Waals surface area contributed by atoms with Crippen molar-refractivity contribution in [2.24, 2.45) is 0 Å². The third kappa shape index (κ3) is 3.77. The van der Waals surface area contributed by atoms with Crippen LogP contribution in [0.2, 0.25) is 0 Å². The summed E-state index contributed by atoms with van der Waals surface area (Å²) in [5, 5.41) is 5.48. The van der Waals surface area contributed by atoms with E-state index in [1.54, 1.807) is 24.3 Å². The fraction of sp³-hybridized carbons (Fsp3) is 0.250. The summed E-state index contributed by atoms with van der Waals surface area (Å²) >= 11 is 0. The van der Waals surface area contributed by atoms with Crippen LogP contribution in [0.25, 0.3) is 10.8 Å². The van der Waals surface area contributed by atoms with Gasteiger partial charge in [0.25, 0.3) is 0 Å². The van der Waals surface area contributed by atoms with E-state index in [-0.39, 0.29) is 11.7 Å². The van der Waals surface area contributed by atoms with Crippen molar-refractivity contribution in [3.8, 4) is 5.75 Å². The van der Waals surface area contributed by atoms with Crippen LogP contribution < -0.4 is 10.1 Å². The van der Waals surface area contributed by atoms with Crippen molar-refractivity contribution >= 4 is 28.2 Å². The van der Waals surface area contributed by atoms with Crippen molar-refractivity contribution in [2.45, 2.75) is 32.6 Å². The van der Waals surface area contributed by atoms with Gasteiger partial charge in [0.2, 0.25) is 5.91 Å². The van der Waals surface area contributed by atoms with Crippen molar-refractivity contribution < 1.29 is 14.3 Å². The second-order valence-electron chi connectivity index (χ2n) is 7.19. The second-order valence-corrected chi connectivity index (χ2v) is 7.19. The Labute approximate surface area is 164 Å².